The van der Waals surface area contributed by atoms with Gasteiger partial charge in [-0.3, -0.25) is 0 Å². The Morgan fingerprint density at radius 2 is 2.10 bits per heavy atom. The van der Waals surface area contributed by atoms with Crippen LogP contribution in [0.25, 0.3) is 0 Å². The zero-order chi connectivity index (χ0) is 14.7. The van der Waals surface area contributed by atoms with Crippen molar-refractivity contribution in [3.63, 3.8) is 0 Å². The van der Waals surface area contributed by atoms with Gasteiger partial charge in [0.2, 0.25) is 0 Å². The summed E-state index contributed by atoms with van der Waals surface area (Å²) in [5.74, 6) is 0.766. The fourth-order valence-electron chi connectivity index (χ4n) is 3.11. The molecule has 1 aliphatic rings. The summed E-state index contributed by atoms with van der Waals surface area (Å²) in [6.45, 7) is 7.22. The minimum Gasteiger partial charge on any atom is -0.496 e. The molecule has 0 saturated carbocycles. The van der Waals surface area contributed by atoms with Crippen LogP contribution in [0.5, 0.6) is 5.75 Å². The molecule has 0 radical (unpaired) electrons. The third-order valence-electron chi connectivity index (χ3n) is 4.04. The van der Waals surface area contributed by atoms with Gasteiger partial charge in [0.05, 0.1) is 13.2 Å². The van der Waals surface area contributed by atoms with Crippen LogP contribution in [0.4, 0.5) is 5.69 Å². The Balaban J connectivity index is 2.40. The summed E-state index contributed by atoms with van der Waals surface area (Å²) in [6.07, 6.45) is 0.603. The average Bonchev–Trinajstić information content (AvgIpc) is 2.58. The number of nitrogens with zero attached hydrogens (tertiary/aromatic N) is 2. The van der Waals surface area contributed by atoms with Crippen LogP contribution in [0.1, 0.15) is 31.9 Å². The molecule has 1 heterocycles. The van der Waals surface area contributed by atoms with E-state index in [1.165, 1.54) is 0 Å². The predicted octanol–water partition coefficient (Wildman–Crippen LogP) is 2.28. The Kier molecular flexibility index (Phi) is 4.89. The highest BCUT2D eigenvalue weighted by Gasteiger charge is 2.24. The molecule has 0 bridgehead atoms. The lowest BCUT2D eigenvalue weighted by Crippen LogP contribution is -2.38. The van der Waals surface area contributed by atoms with Crippen molar-refractivity contribution >= 4 is 5.69 Å². The van der Waals surface area contributed by atoms with E-state index in [2.05, 4.69) is 29.8 Å². The van der Waals surface area contributed by atoms with Crippen molar-refractivity contribution in [2.75, 3.05) is 38.7 Å². The number of rotatable bonds is 3. The van der Waals surface area contributed by atoms with Crippen LogP contribution in [0.3, 0.4) is 0 Å². The van der Waals surface area contributed by atoms with Gasteiger partial charge >= 0.3 is 0 Å². The van der Waals surface area contributed by atoms with Gasteiger partial charge in [-0.15, -0.1) is 0 Å². The average molecular weight is 278 g/mol. The summed E-state index contributed by atoms with van der Waals surface area (Å²) in [7, 11) is 3.83. The first-order valence-electron chi connectivity index (χ1n) is 7.34. The molecule has 1 aromatic carbocycles. The smallest absolute Gasteiger partial charge is 0.126 e. The molecule has 0 spiro atoms. The number of anilines is 1. The van der Waals surface area contributed by atoms with Crippen LogP contribution < -0.4 is 9.64 Å². The van der Waals surface area contributed by atoms with Crippen molar-refractivity contribution in [1.29, 1.82) is 0 Å². The molecule has 4 nitrogen and oxygen atoms in total. The number of hydrogen-bond acceptors (Lipinski definition) is 4. The van der Waals surface area contributed by atoms with E-state index in [-0.39, 0.29) is 0 Å². The number of aliphatic hydroxyl groups is 1. The lowest BCUT2D eigenvalue weighted by molar-refractivity contribution is 0.194. The van der Waals surface area contributed by atoms with E-state index in [0.29, 0.717) is 6.04 Å². The van der Waals surface area contributed by atoms with Gasteiger partial charge in [0.1, 0.15) is 5.75 Å². The first kappa shape index (κ1) is 15.1. The minimum absolute atomic E-state index is 0.423. The second kappa shape index (κ2) is 6.46. The van der Waals surface area contributed by atoms with Gasteiger partial charge in [0.15, 0.2) is 0 Å². The van der Waals surface area contributed by atoms with Gasteiger partial charge < -0.3 is 19.6 Å². The first-order valence-corrected chi connectivity index (χ1v) is 7.34. The zero-order valence-electron chi connectivity index (χ0n) is 13.0. The Bertz CT molecular complexity index is 448. The van der Waals surface area contributed by atoms with Crippen LogP contribution in [-0.2, 0) is 0 Å². The minimum atomic E-state index is -0.533. The molecule has 4 heteroatoms. The summed E-state index contributed by atoms with van der Waals surface area (Å²) in [6, 6.07) is 6.43. The zero-order valence-corrected chi connectivity index (χ0v) is 13.0. The maximum Gasteiger partial charge on any atom is 0.126 e. The van der Waals surface area contributed by atoms with Gasteiger partial charge in [-0.05, 0) is 46.0 Å². The highest BCUT2D eigenvalue weighted by molar-refractivity contribution is 5.61. The lowest BCUT2D eigenvalue weighted by Gasteiger charge is -2.33. The highest BCUT2D eigenvalue weighted by atomic mass is 16.5. The molecule has 112 valence electrons. The maximum atomic E-state index is 10.1. The fraction of sp³-hybridized carbons (Fsp3) is 0.625. The molecule has 0 aromatic heterocycles. The monoisotopic (exact) mass is 278 g/mol. The number of hydrogen-bond donors (Lipinski definition) is 1. The number of likely N-dealkylation sites (N-methyl/N-ethyl adjacent to an activating group) is 1. The molecule has 20 heavy (non-hydrogen) atoms. The van der Waals surface area contributed by atoms with Crippen LogP contribution in [-0.4, -0.2) is 49.8 Å². The second-order valence-corrected chi connectivity index (χ2v) is 5.73. The van der Waals surface area contributed by atoms with E-state index in [1.54, 1.807) is 14.0 Å². The van der Waals surface area contributed by atoms with Gasteiger partial charge in [-0.2, -0.15) is 0 Å². The summed E-state index contributed by atoms with van der Waals surface area (Å²) in [5, 5.41) is 10.1. The van der Waals surface area contributed by atoms with Crippen LogP contribution in [0, 0.1) is 0 Å². The molecule has 1 fully saturated rings. The van der Waals surface area contributed by atoms with E-state index >= 15 is 0 Å². The molecular weight excluding hydrogens is 252 g/mol. The molecule has 1 aliphatic heterocycles. The molecule has 2 atom stereocenters. The quantitative estimate of drug-likeness (QED) is 0.920. The number of methoxy groups -OCH3 is 1. The Hall–Kier alpha value is -1.26. The number of ether oxygens (including phenoxy) is 1. The van der Waals surface area contributed by atoms with Crippen molar-refractivity contribution in [2.45, 2.75) is 32.4 Å². The van der Waals surface area contributed by atoms with Gasteiger partial charge in [0, 0.05) is 30.4 Å². The Morgan fingerprint density at radius 3 is 2.75 bits per heavy atom. The van der Waals surface area contributed by atoms with Crippen molar-refractivity contribution in [1.82, 2.24) is 4.90 Å². The van der Waals surface area contributed by atoms with Gasteiger partial charge in [-0.25, -0.2) is 0 Å². The van der Waals surface area contributed by atoms with Crippen molar-refractivity contribution < 1.29 is 9.84 Å². The molecule has 1 saturated heterocycles. The third kappa shape index (κ3) is 3.07. The Morgan fingerprint density at radius 1 is 1.35 bits per heavy atom. The summed E-state index contributed by atoms with van der Waals surface area (Å²) < 4.78 is 5.43. The first-order chi connectivity index (χ1) is 9.54. The highest BCUT2D eigenvalue weighted by Crippen LogP contribution is 2.36. The summed E-state index contributed by atoms with van der Waals surface area (Å²) in [5.41, 5.74) is 1.99. The molecule has 1 N–H and O–H groups in total. The fourth-order valence-corrected chi connectivity index (χ4v) is 3.11. The number of benzene rings is 1. The standard InChI is InChI=1S/C16H26N2O2/c1-12-11-17(3)9-6-10-18(12)14-7-5-8-15(20-4)16(14)13(2)19/h5,7-8,12-13,19H,6,9-11H2,1-4H3. The van der Waals surface area contributed by atoms with Crippen LogP contribution in [0.2, 0.25) is 0 Å². The third-order valence-corrected chi connectivity index (χ3v) is 4.04. The topological polar surface area (TPSA) is 35.9 Å². The summed E-state index contributed by atoms with van der Waals surface area (Å²) in [4.78, 5) is 4.76. The predicted molar refractivity (Wildman–Crippen MR) is 82.5 cm³/mol. The summed E-state index contributed by atoms with van der Waals surface area (Å²) >= 11 is 0. The molecule has 1 aromatic rings. The Labute approximate surface area is 122 Å². The van der Waals surface area contributed by atoms with E-state index in [0.717, 1.165) is 43.1 Å². The molecule has 2 rings (SSSR count). The van der Waals surface area contributed by atoms with E-state index < -0.39 is 6.10 Å². The van der Waals surface area contributed by atoms with E-state index in [9.17, 15) is 5.11 Å². The van der Waals surface area contributed by atoms with Crippen LogP contribution in [0.15, 0.2) is 18.2 Å². The molecule has 2 unspecified atom stereocenters. The molecule has 0 amide bonds. The molecule has 0 aliphatic carbocycles. The maximum absolute atomic E-state index is 10.1. The normalized spacial score (nSPS) is 22.4. The van der Waals surface area contributed by atoms with Crippen molar-refractivity contribution in [2.24, 2.45) is 0 Å². The lowest BCUT2D eigenvalue weighted by atomic mass is 10.0. The van der Waals surface area contributed by atoms with E-state index in [1.807, 2.05) is 12.1 Å². The number of aliphatic hydroxyl groups excluding tert-OH is 1. The van der Waals surface area contributed by atoms with Crippen molar-refractivity contribution in [3.8, 4) is 5.75 Å². The van der Waals surface area contributed by atoms with Crippen molar-refractivity contribution in [3.05, 3.63) is 23.8 Å². The largest absolute Gasteiger partial charge is 0.496 e. The van der Waals surface area contributed by atoms with E-state index in [4.69, 9.17) is 4.74 Å². The molecular formula is C16H26N2O2. The van der Waals surface area contributed by atoms with Crippen LogP contribution >= 0.6 is 0 Å². The van der Waals surface area contributed by atoms with Gasteiger partial charge in [-0.1, -0.05) is 6.07 Å². The SMILES string of the molecule is COc1cccc(N2CCCN(C)CC2C)c1C(C)O. The van der Waals surface area contributed by atoms with Gasteiger partial charge in [0.25, 0.3) is 0 Å². The second-order valence-electron chi connectivity index (χ2n) is 5.73.